The molecule has 0 aromatic heterocycles. The van der Waals surface area contributed by atoms with Gasteiger partial charge >= 0.3 is 0 Å². The van der Waals surface area contributed by atoms with Crippen LogP contribution in [0, 0.1) is 0 Å². The van der Waals surface area contributed by atoms with Crippen molar-refractivity contribution >= 4 is 17.6 Å². The van der Waals surface area contributed by atoms with Crippen molar-refractivity contribution in [1.29, 1.82) is 0 Å². The first kappa shape index (κ1) is 11.0. The average Bonchev–Trinajstić information content (AvgIpc) is 2.41. The molecule has 0 spiro atoms. The van der Waals surface area contributed by atoms with E-state index in [9.17, 15) is 4.79 Å². The third-order valence-electron chi connectivity index (χ3n) is 2.11. The molecule has 3 nitrogen and oxygen atoms in total. The summed E-state index contributed by atoms with van der Waals surface area (Å²) in [7, 11) is 0. The Labute approximate surface area is 99.2 Å². The minimum absolute atomic E-state index is 0.342. The summed E-state index contributed by atoms with van der Waals surface area (Å²) >= 11 is 0. The SMILES string of the molecule is O=C(N=C=Nc1ccccc1)c1ccccc1. The molecule has 82 valence electrons. The standard InChI is InChI=1S/C14H10N2O/c17-14(12-7-3-1-4-8-12)16-11-15-13-9-5-2-6-10-13/h1-10H. The minimum atomic E-state index is -0.342. The Hall–Kier alpha value is -2.51. The Bertz CT molecular complexity index is 555. The van der Waals surface area contributed by atoms with Crippen LogP contribution in [0.25, 0.3) is 0 Å². The molecule has 0 fully saturated rings. The van der Waals surface area contributed by atoms with Gasteiger partial charge in [-0.05, 0) is 24.3 Å². The summed E-state index contributed by atoms with van der Waals surface area (Å²) in [6.07, 6.45) is 0. The van der Waals surface area contributed by atoms with Gasteiger partial charge in [0.15, 0.2) is 0 Å². The molecule has 17 heavy (non-hydrogen) atoms. The summed E-state index contributed by atoms with van der Waals surface area (Å²) in [5.74, 6) is -0.342. The lowest BCUT2D eigenvalue weighted by atomic mass is 10.2. The highest BCUT2D eigenvalue weighted by molar-refractivity contribution is 5.97. The van der Waals surface area contributed by atoms with Crippen LogP contribution in [-0.4, -0.2) is 11.9 Å². The topological polar surface area (TPSA) is 41.8 Å². The van der Waals surface area contributed by atoms with E-state index >= 15 is 0 Å². The van der Waals surface area contributed by atoms with Gasteiger partial charge in [0, 0.05) is 5.56 Å². The van der Waals surface area contributed by atoms with E-state index in [1.807, 2.05) is 36.4 Å². The number of carbonyl (C=O) groups excluding carboxylic acids is 1. The number of amides is 1. The van der Waals surface area contributed by atoms with Gasteiger partial charge in [-0.1, -0.05) is 36.4 Å². The Morgan fingerprint density at radius 3 is 2.12 bits per heavy atom. The Morgan fingerprint density at radius 2 is 1.47 bits per heavy atom. The largest absolute Gasteiger partial charge is 0.286 e. The van der Waals surface area contributed by atoms with Crippen LogP contribution in [0.15, 0.2) is 70.6 Å². The monoisotopic (exact) mass is 222 g/mol. The number of nitrogens with zero attached hydrogens (tertiary/aromatic N) is 2. The molecule has 1 amide bonds. The van der Waals surface area contributed by atoms with Crippen molar-refractivity contribution in [2.75, 3.05) is 0 Å². The number of hydrogen-bond acceptors (Lipinski definition) is 2. The lowest BCUT2D eigenvalue weighted by Crippen LogP contribution is -1.92. The molecule has 0 aliphatic carbocycles. The van der Waals surface area contributed by atoms with E-state index < -0.39 is 0 Å². The van der Waals surface area contributed by atoms with Gasteiger partial charge in [0.25, 0.3) is 5.91 Å². The zero-order valence-corrected chi connectivity index (χ0v) is 9.08. The van der Waals surface area contributed by atoms with Gasteiger partial charge in [0.2, 0.25) is 0 Å². The fourth-order valence-electron chi connectivity index (χ4n) is 1.28. The summed E-state index contributed by atoms with van der Waals surface area (Å²) in [6, 6.07) is 20.5. The second-order valence-electron chi connectivity index (χ2n) is 3.33. The van der Waals surface area contributed by atoms with Crippen molar-refractivity contribution in [2.24, 2.45) is 9.98 Å². The van der Waals surface area contributed by atoms with Crippen LogP contribution in [0.1, 0.15) is 10.4 Å². The van der Waals surface area contributed by atoms with E-state index in [-0.39, 0.29) is 5.91 Å². The number of carbonyl (C=O) groups is 1. The molecular formula is C14H10N2O. The van der Waals surface area contributed by atoms with Crippen LogP contribution in [0.5, 0.6) is 0 Å². The Kier molecular flexibility index (Phi) is 3.58. The number of benzene rings is 2. The third kappa shape index (κ3) is 3.23. The first-order chi connectivity index (χ1) is 8.36. The molecule has 2 aromatic carbocycles. The molecule has 0 radical (unpaired) electrons. The molecule has 2 rings (SSSR count). The van der Waals surface area contributed by atoms with Crippen LogP contribution >= 0.6 is 0 Å². The number of para-hydroxylation sites is 1. The smallest absolute Gasteiger partial charge is 0.266 e. The average molecular weight is 222 g/mol. The van der Waals surface area contributed by atoms with Crippen LogP contribution < -0.4 is 0 Å². The molecule has 0 aliphatic heterocycles. The molecule has 0 atom stereocenters. The third-order valence-corrected chi connectivity index (χ3v) is 2.11. The fourth-order valence-corrected chi connectivity index (χ4v) is 1.28. The molecule has 0 N–H and O–H groups in total. The maximum atomic E-state index is 11.5. The second-order valence-corrected chi connectivity index (χ2v) is 3.33. The van der Waals surface area contributed by atoms with Crippen molar-refractivity contribution in [3.63, 3.8) is 0 Å². The van der Waals surface area contributed by atoms with Gasteiger partial charge < -0.3 is 0 Å². The predicted octanol–water partition coefficient (Wildman–Crippen LogP) is 3.33. The van der Waals surface area contributed by atoms with Crippen LogP contribution in [0.4, 0.5) is 5.69 Å². The summed E-state index contributed by atoms with van der Waals surface area (Å²) in [5.41, 5.74) is 1.25. The first-order valence-electron chi connectivity index (χ1n) is 5.17. The highest BCUT2D eigenvalue weighted by atomic mass is 16.1. The van der Waals surface area contributed by atoms with Gasteiger partial charge in [-0.25, -0.2) is 0 Å². The summed E-state index contributed by atoms with van der Waals surface area (Å²) < 4.78 is 0. The predicted molar refractivity (Wildman–Crippen MR) is 66.7 cm³/mol. The molecule has 0 heterocycles. The summed E-state index contributed by atoms with van der Waals surface area (Å²) in [5, 5.41) is 0. The van der Waals surface area contributed by atoms with E-state index in [4.69, 9.17) is 0 Å². The lowest BCUT2D eigenvalue weighted by Gasteiger charge is -1.90. The normalized spacial score (nSPS) is 9.18. The molecule has 0 saturated carbocycles. The highest BCUT2D eigenvalue weighted by Gasteiger charge is 1.99. The van der Waals surface area contributed by atoms with Crippen molar-refractivity contribution in [3.05, 3.63) is 66.2 Å². The Morgan fingerprint density at radius 1 is 0.882 bits per heavy atom. The molecule has 0 bridgehead atoms. The molecule has 0 aliphatic rings. The van der Waals surface area contributed by atoms with Crippen molar-refractivity contribution < 1.29 is 4.79 Å². The number of aliphatic imine (C=N–C) groups is 2. The first-order valence-corrected chi connectivity index (χ1v) is 5.17. The van der Waals surface area contributed by atoms with Crippen molar-refractivity contribution in [2.45, 2.75) is 0 Å². The van der Waals surface area contributed by atoms with Gasteiger partial charge in [-0.2, -0.15) is 4.99 Å². The second kappa shape index (κ2) is 5.54. The van der Waals surface area contributed by atoms with Crippen LogP contribution in [0.3, 0.4) is 0 Å². The molecule has 0 saturated heterocycles. The van der Waals surface area contributed by atoms with E-state index in [1.54, 1.807) is 24.3 Å². The number of rotatable bonds is 2. The van der Waals surface area contributed by atoms with E-state index in [1.165, 1.54) is 0 Å². The van der Waals surface area contributed by atoms with E-state index in [0.29, 0.717) is 5.56 Å². The van der Waals surface area contributed by atoms with Gasteiger partial charge in [0.05, 0.1) is 5.69 Å². The van der Waals surface area contributed by atoms with Crippen LogP contribution in [0.2, 0.25) is 0 Å². The molecule has 2 aromatic rings. The summed E-state index contributed by atoms with van der Waals surface area (Å²) in [6.45, 7) is 0. The Balaban J connectivity index is 2.12. The highest BCUT2D eigenvalue weighted by Crippen LogP contribution is 2.07. The molecule has 3 heteroatoms. The van der Waals surface area contributed by atoms with Gasteiger partial charge in [-0.3, -0.25) is 4.79 Å². The van der Waals surface area contributed by atoms with Gasteiger partial charge in [-0.15, -0.1) is 4.99 Å². The van der Waals surface area contributed by atoms with Crippen molar-refractivity contribution in [3.8, 4) is 0 Å². The molecular weight excluding hydrogens is 212 g/mol. The quantitative estimate of drug-likeness (QED) is 0.718. The zero-order chi connectivity index (χ0) is 11.9. The molecule has 0 unspecified atom stereocenters. The van der Waals surface area contributed by atoms with E-state index in [2.05, 4.69) is 16.0 Å². The zero-order valence-electron chi connectivity index (χ0n) is 9.08. The summed E-state index contributed by atoms with van der Waals surface area (Å²) in [4.78, 5) is 19.1. The maximum absolute atomic E-state index is 11.5. The minimum Gasteiger partial charge on any atom is -0.266 e. The van der Waals surface area contributed by atoms with Gasteiger partial charge in [0.1, 0.15) is 6.01 Å². The van der Waals surface area contributed by atoms with E-state index in [0.717, 1.165) is 5.69 Å². The van der Waals surface area contributed by atoms with Crippen LogP contribution in [-0.2, 0) is 0 Å². The lowest BCUT2D eigenvalue weighted by molar-refractivity contribution is 0.100. The maximum Gasteiger partial charge on any atom is 0.286 e. The van der Waals surface area contributed by atoms with Crippen molar-refractivity contribution in [1.82, 2.24) is 0 Å². The number of hydrogen-bond donors (Lipinski definition) is 0. The fraction of sp³-hybridized carbons (Fsp3) is 0.